The second kappa shape index (κ2) is 14.4. The van der Waals surface area contributed by atoms with Crippen LogP contribution in [0.1, 0.15) is 90.4 Å². The first-order valence-electron chi connectivity index (χ1n) is 15.3. The van der Waals surface area contributed by atoms with Crippen molar-refractivity contribution in [2.24, 2.45) is 41.4 Å². The predicted octanol–water partition coefficient (Wildman–Crippen LogP) is 11.1. The maximum absolute atomic E-state index is 15.5. The summed E-state index contributed by atoms with van der Waals surface area (Å²) >= 11 is 4.31. The molecule has 0 aromatic rings. The highest BCUT2D eigenvalue weighted by Gasteiger charge is 2.57. The van der Waals surface area contributed by atoms with Crippen LogP contribution in [0.15, 0.2) is 11.9 Å². The van der Waals surface area contributed by atoms with Crippen molar-refractivity contribution in [2.45, 2.75) is 129 Å². The van der Waals surface area contributed by atoms with E-state index >= 15 is 13.2 Å². The zero-order valence-corrected chi connectivity index (χ0v) is 27.7. The minimum atomic E-state index is -5.17. The van der Waals surface area contributed by atoms with Crippen molar-refractivity contribution in [3.63, 3.8) is 0 Å². The lowest BCUT2D eigenvalue weighted by molar-refractivity contribution is -0.302. The van der Waals surface area contributed by atoms with E-state index in [1.807, 2.05) is 22.6 Å². The van der Waals surface area contributed by atoms with Crippen LogP contribution in [0, 0.1) is 41.4 Å². The predicted molar refractivity (Wildman–Crippen MR) is 161 cm³/mol. The summed E-state index contributed by atoms with van der Waals surface area (Å²) in [6, 6.07) is 0. The molecule has 0 bridgehead atoms. The lowest BCUT2D eigenvalue weighted by atomic mass is 9.64. The summed E-state index contributed by atoms with van der Waals surface area (Å²) in [4.78, 5) is 0. The first-order chi connectivity index (χ1) is 19.2. The molecule has 10 atom stereocenters. The molecule has 3 fully saturated rings. The molecule has 238 valence electrons. The minimum Gasteiger partial charge on any atom is -0.312 e. The van der Waals surface area contributed by atoms with E-state index in [-0.39, 0.29) is 24.3 Å². The molecule has 0 heterocycles. The van der Waals surface area contributed by atoms with Gasteiger partial charge in [0.1, 0.15) is 24.1 Å². The van der Waals surface area contributed by atoms with Crippen molar-refractivity contribution in [3.05, 3.63) is 11.9 Å². The zero-order chi connectivity index (χ0) is 30.1. The van der Waals surface area contributed by atoms with Crippen LogP contribution in [0.3, 0.4) is 0 Å². The van der Waals surface area contributed by atoms with Crippen molar-refractivity contribution >= 4 is 45.2 Å². The molecule has 1 nitrogen and oxygen atoms in total. The van der Waals surface area contributed by atoms with Gasteiger partial charge in [-0.05, 0) is 80.6 Å². The Labute approximate surface area is 266 Å². The van der Waals surface area contributed by atoms with Gasteiger partial charge in [0.15, 0.2) is 0 Å². The third kappa shape index (κ3) is 8.45. The molecule has 4 aliphatic carbocycles. The van der Waals surface area contributed by atoms with Gasteiger partial charge in [-0.25, -0.2) is 13.2 Å². The van der Waals surface area contributed by atoms with Gasteiger partial charge in [-0.3, -0.25) is 0 Å². The molecular weight excluding hydrogens is 782 g/mol. The number of alkyl halides is 9. The molecule has 4 rings (SSSR count). The van der Waals surface area contributed by atoms with Crippen molar-refractivity contribution in [1.82, 2.24) is 0 Å². The summed E-state index contributed by atoms with van der Waals surface area (Å²) in [6.45, 7) is 2.24. The molecule has 4 aliphatic rings. The van der Waals surface area contributed by atoms with Crippen LogP contribution < -0.4 is 0 Å². The van der Waals surface area contributed by atoms with E-state index in [4.69, 9.17) is 0 Å². The quantitative estimate of drug-likeness (QED) is 0.135. The summed E-state index contributed by atoms with van der Waals surface area (Å²) in [7, 11) is 0. The number of unbranched alkanes of at least 4 members (excludes halogenated alkanes) is 1. The Kier molecular flexibility index (Phi) is 12.1. The molecule has 0 N–H and O–H groups in total. The number of allylic oxidation sites excluding steroid dienone is 1. The summed E-state index contributed by atoms with van der Waals surface area (Å²) in [5.74, 6) is -4.21. The number of hydrogen-bond acceptors (Lipinski definition) is 1. The maximum atomic E-state index is 15.5. The number of hydrogen-bond donors (Lipinski definition) is 0. The Morgan fingerprint density at radius 2 is 1.44 bits per heavy atom. The topological polar surface area (TPSA) is 9.23 Å². The Bertz CT molecular complexity index is 865. The second-order valence-corrected chi connectivity index (χ2v) is 16.2. The molecule has 0 amide bonds. The largest absolute Gasteiger partial charge is 0.400 e. The molecule has 11 heteroatoms. The molecule has 6 unspecified atom stereocenters. The molecule has 0 saturated heterocycles. The third-order valence-electron chi connectivity index (χ3n) is 10.3. The Hall–Kier alpha value is 0.600. The van der Waals surface area contributed by atoms with Gasteiger partial charge in [0.05, 0.1) is 12.0 Å². The first-order valence-corrected chi connectivity index (χ1v) is 17.8. The highest BCUT2D eigenvalue weighted by molar-refractivity contribution is 14.1. The number of ether oxygens (including phenoxy) is 1. The van der Waals surface area contributed by atoms with Gasteiger partial charge < -0.3 is 4.74 Å². The van der Waals surface area contributed by atoms with Crippen molar-refractivity contribution in [2.75, 3.05) is 0 Å². The average Bonchev–Trinajstić information content (AvgIpc) is 2.85. The van der Waals surface area contributed by atoms with E-state index in [1.54, 1.807) is 0 Å². The van der Waals surface area contributed by atoms with E-state index in [9.17, 15) is 22.0 Å². The summed E-state index contributed by atoms with van der Waals surface area (Å²) in [6.07, 6.45) is -3.98. The molecule has 3 saturated carbocycles. The van der Waals surface area contributed by atoms with Crippen molar-refractivity contribution in [3.8, 4) is 0 Å². The molecule has 41 heavy (non-hydrogen) atoms. The fraction of sp³-hybridized carbons (Fsp3) is 0.933. The van der Waals surface area contributed by atoms with Gasteiger partial charge in [-0.1, -0.05) is 84.2 Å². The highest BCUT2D eigenvalue weighted by atomic mass is 127. The van der Waals surface area contributed by atoms with Crippen molar-refractivity contribution < 1.29 is 39.9 Å². The van der Waals surface area contributed by atoms with Crippen LogP contribution in [0.2, 0.25) is 0 Å². The van der Waals surface area contributed by atoms with Gasteiger partial charge >= 0.3 is 12.3 Å². The average molecular weight is 824 g/mol. The van der Waals surface area contributed by atoms with E-state index in [2.05, 4.69) is 34.3 Å². The standard InChI is InChI=1S/C30H42F8I2O/c1-2-3-4-16-5-7-17(8-6-16)18-9-10-21(25(39)12-18)19-11-22(31)28(26(40)13-19)30(37,38)41-20-14-23(32)27(24(33)15-20)29(34,35)36/h14,16-22,24-28H,2-13,15H2,1H3/t16?,17?,18-,19-,20?,21-,22+,24?,25?,26?,27?,28?/m1/s1. The van der Waals surface area contributed by atoms with Crippen LogP contribution in [0.4, 0.5) is 35.1 Å². The van der Waals surface area contributed by atoms with E-state index in [1.165, 1.54) is 44.9 Å². The Morgan fingerprint density at radius 1 is 0.805 bits per heavy atom. The number of halogens is 10. The Morgan fingerprint density at radius 3 is 2.00 bits per heavy atom. The van der Waals surface area contributed by atoms with E-state index in [0.717, 1.165) is 31.1 Å². The lowest BCUT2D eigenvalue weighted by Crippen LogP contribution is -2.51. The third-order valence-corrected chi connectivity index (χ3v) is 13.1. The second-order valence-electron chi connectivity index (χ2n) is 13.0. The van der Waals surface area contributed by atoms with Gasteiger partial charge in [0.2, 0.25) is 0 Å². The van der Waals surface area contributed by atoms with Gasteiger partial charge in [0.25, 0.3) is 0 Å². The monoisotopic (exact) mass is 824 g/mol. The van der Waals surface area contributed by atoms with Gasteiger partial charge in [-0.15, -0.1) is 0 Å². The fourth-order valence-electron chi connectivity index (χ4n) is 8.14. The minimum absolute atomic E-state index is 0.0305. The van der Waals surface area contributed by atoms with Crippen LogP contribution in [0.5, 0.6) is 0 Å². The lowest BCUT2D eigenvalue weighted by Gasteiger charge is -2.46. The van der Waals surface area contributed by atoms with Crippen molar-refractivity contribution in [1.29, 1.82) is 0 Å². The molecule has 0 spiro atoms. The van der Waals surface area contributed by atoms with E-state index < -0.39 is 58.7 Å². The highest BCUT2D eigenvalue weighted by Crippen LogP contribution is 2.53. The zero-order valence-electron chi connectivity index (χ0n) is 23.4. The first kappa shape index (κ1) is 34.5. The van der Waals surface area contributed by atoms with E-state index in [0.29, 0.717) is 16.3 Å². The summed E-state index contributed by atoms with van der Waals surface area (Å²) in [5.41, 5.74) is 0. The molecule has 0 aromatic heterocycles. The van der Waals surface area contributed by atoms with Gasteiger partial charge in [-0.2, -0.15) is 22.0 Å². The Balaban J connectivity index is 1.31. The molecule has 0 aromatic carbocycles. The fourth-order valence-corrected chi connectivity index (χ4v) is 11.3. The van der Waals surface area contributed by atoms with Crippen LogP contribution in [-0.2, 0) is 4.74 Å². The number of rotatable bonds is 8. The van der Waals surface area contributed by atoms with Gasteiger partial charge in [0, 0.05) is 14.3 Å². The summed E-state index contributed by atoms with van der Waals surface area (Å²) in [5, 5.41) is 0. The van der Waals surface area contributed by atoms with Crippen LogP contribution in [-0.4, -0.2) is 38.6 Å². The molecule has 0 aliphatic heterocycles. The summed E-state index contributed by atoms with van der Waals surface area (Å²) < 4.78 is 117. The smallest absolute Gasteiger partial charge is 0.312 e. The molecule has 0 radical (unpaired) electrons. The maximum Gasteiger partial charge on any atom is 0.400 e. The molecular formula is C30H42F8I2O. The SMILES string of the molecule is CCCCC1CCC([C@@H]2CC[C@H]([C@H]3CC(I)C(C(F)(F)OC4C=C(F)C(C(F)(F)F)C(F)C4)[C@@H](F)C3)C(I)C2)CC1. The normalized spacial score (nSPS) is 43.0. The van der Waals surface area contributed by atoms with Crippen LogP contribution in [0.25, 0.3) is 0 Å². The van der Waals surface area contributed by atoms with Crippen LogP contribution >= 0.6 is 45.2 Å².